The van der Waals surface area contributed by atoms with Crippen LogP contribution in [0.5, 0.6) is 0 Å². The van der Waals surface area contributed by atoms with E-state index in [0.29, 0.717) is 44.4 Å². The maximum Gasteiger partial charge on any atom is 0.326 e. The van der Waals surface area contributed by atoms with E-state index in [1.807, 2.05) is 13.0 Å². The Morgan fingerprint density at radius 3 is 2.80 bits per heavy atom. The van der Waals surface area contributed by atoms with Crippen molar-refractivity contribution >= 4 is 23.3 Å². The standard InChI is InChI=1S/C15H21N7O3/c1-2-3-11(15(24)25)16-14(23)10-6-8-21(9-7-10)13-5-4-12-17-19-20-22(12)18-13/h4-5,10-11H,2-3,6-9H2,1H3,(H,16,23)(H,24,25). The number of carbonyl (C=O) groups excluding carboxylic acids is 1. The maximum atomic E-state index is 12.3. The fraction of sp³-hybridized carbons (Fsp3) is 0.600. The van der Waals surface area contributed by atoms with Gasteiger partial charge in [0, 0.05) is 19.0 Å². The first-order chi connectivity index (χ1) is 12.1. The number of fused-ring (bicyclic) bond motifs is 1. The van der Waals surface area contributed by atoms with Crippen LogP contribution in [0.1, 0.15) is 32.6 Å². The average Bonchev–Trinajstić information content (AvgIpc) is 3.09. The SMILES string of the molecule is CCCC(NC(=O)C1CCN(c2ccc3nnnn3n2)CC1)C(=O)O. The van der Waals surface area contributed by atoms with Crippen LogP contribution in [-0.4, -0.2) is 61.4 Å². The predicted octanol–water partition coefficient (Wildman–Crippen LogP) is 0.105. The molecule has 10 nitrogen and oxygen atoms in total. The van der Waals surface area contributed by atoms with Crippen molar-refractivity contribution < 1.29 is 14.7 Å². The summed E-state index contributed by atoms with van der Waals surface area (Å²) >= 11 is 0. The van der Waals surface area contributed by atoms with Crippen LogP contribution in [0.4, 0.5) is 5.82 Å². The molecular weight excluding hydrogens is 326 g/mol. The molecule has 2 N–H and O–H groups in total. The van der Waals surface area contributed by atoms with E-state index in [1.54, 1.807) is 6.07 Å². The van der Waals surface area contributed by atoms with E-state index >= 15 is 0 Å². The number of hydrogen-bond acceptors (Lipinski definition) is 7. The molecule has 1 atom stereocenters. The summed E-state index contributed by atoms with van der Waals surface area (Å²) in [5.41, 5.74) is 0.577. The van der Waals surface area contributed by atoms with Gasteiger partial charge in [-0.1, -0.05) is 13.3 Å². The van der Waals surface area contributed by atoms with Crippen LogP contribution in [0.2, 0.25) is 0 Å². The molecule has 1 unspecified atom stereocenters. The van der Waals surface area contributed by atoms with Gasteiger partial charge >= 0.3 is 5.97 Å². The number of piperidine rings is 1. The Hall–Kier alpha value is -2.78. The van der Waals surface area contributed by atoms with Crippen LogP contribution in [0.25, 0.3) is 5.65 Å². The molecule has 134 valence electrons. The average molecular weight is 347 g/mol. The molecule has 10 heteroatoms. The van der Waals surface area contributed by atoms with Crippen molar-refractivity contribution in [1.82, 2.24) is 30.6 Å². The van der Waals surface area contributed by atoms with Gasteiger partial charge in [0.25, 0.3) is 0 Å². The van der Waals surface area contributed by atoms with Crippen LogP contribution in [0.3, 0.4) is 0 Å². The highest BCUT2D eigenvalue weighted by molar-refractivity contribution is 5.85. The molecule has 25 heavy (non-hydrogen) atoms. The highest BCUT2D eigenvalue weighted by Gasteiger charge is 2.28. The molecular formula is C15H21N7O3. The second-order valence-electron chi connectivity index (χ2n) is 6.17. The Balaban J connectivity index is 1.57. The number of rotatable bonds is 6. The number of carboxylic acids is 1. The van der Waals surface area contributed by atoms with Crippen molar-refractivity contribution in [2.24, 2.45) is 5.92 Å². The highest BCUT2D eigenvalue weighted by Crippen LogP contribution is 2.22. The van der Waals surface area contributed by atoms with E-state index in [0.717, 1.165) is 5.82 Å². The number of tetrazole rings is 1. The summed E-state index contributed by atoms with van der Waals surface area (Å²) in [6.07, 6.45) is 2.45. The van der Waals surface area contributed by atoms with E-state index in [9.17, 15) is 9.59 Å². The number of nitrogens with zero attached hydrogens (tertiary/aromatic N) is 6. The molecule has 1 saturated heterocycles. The number of carbonyl (C=O) groups is 2. The fourth-order valence-corrected chi connectivity index (χ4v) is 3.02. The third-order valence-electron chi connectivity index (χ3n) is 4.44. The van der Waals surface area contributed by atoms with Gasteiger partial charge in [-0.25, -0.2) is 4.79 Å². The molecule has 1 fully saturated rings. The topological polar surface area (TPSA) is 126 Å². The highest BCUT2D eigenvalue weighted by atomic mass is 16.4. The summed E-state index contributed by atoms with van der Waals surface area (Å²) in [5.74, 6) is -0.573. The summed E-state index contributed by atoms with van der Waals surface area (Å²) < 4.78 is 1.37. The third-order valence-corrected chi connectivity index (χ3v) is 4.44. The van der Waals surface area contributed by atoms with E-state index < -0.39 is 12.0 Å². The molecule has 0 saturated carbocycles. The van der Waals surface area contributed by atoms with Gasteiger partial charge < -0.3 is 15.3 Å². The Morgan fingerprint density at radius 1 is 1.36 bits per heavy atom. The van der Waals surface area contributed by atoms with E-state index in [2.05, 4.69) is 30.8 Å². The number of aromatic nitrogens is 5. The van der Waals surface area contributed by atoms with Crippen LogP contribution in [0, 0.1) is 5.92 Å². The number of carboxylic acid groups (broad SMARTS) is 1. The van der Waals surface area contributed by atoms with E-state index in [1.165, 1.54) is 4.63 Å². The fourth-order valence-electron chi connectivity index (χ4n) is 3.02. The van der Waals surface area contributed by atoms with Gasteiger partial charge in [-0.15, -0.1) is 14.8 Å². The van der Waals surface area contributed by atoms with Crippen molar-refractivity contribution in [3.63, 3.8) is 0 Å². The summed E-state index contributed by atoms with van der Waals surface area (Å²) in [4.78, 5) is 25.6. The van der Waals surface area contributed by atoms with Crippen LogP contribution in [0.15, 0.2) is 12.1 Å². The number of amides is 1. The van der Waals surface area contributed by atoms with Gasteiger partial charge in [0.1, 0.15) is 6.04 Å². The minimum Gasteiger partial charge on any atom is -0.480 e. The molecule has 0 spiro atoms. The number of anilines is 1. The molecule has 1 amide bonds. The minimum atomic E-state index is -0.980. The number of nitrogens with one attached hydrogen (secondary N) is 1. The van der Waals surface area contributed by atoms with Crippen molar-refractivity contribution in [2.75, 3.05) is 18.0 Å². The molecule has 0 bridgehead atoms. The van der Waals surface area contributed by atoms with Gasteiger partial charge in [0.2, 0.25) is 5.91 Å². The van der Waals surface area contributed by atoms with E-state index in [4.69, 9.17) is 5.11 Å². The minimum absolute atomic E-state index is 0.174. The Labute approximate surface area is 144 Å². The Morgan fingerprint density at radius 2 is 2.12 bits per heavy atom. The van der Waals surface area contributed by atoms with Crippen molar-refractivity contribution in [2.45, 2.75) is 38.6 Å². The lowest BCUT2D eigenvalue weighted by Gasteiger charge is -2.32. The maximum absolute atomic E-state index is 12.3. The summed E-state index contributed by atoms with van der Waals surface area (Å²) in [6, 6.07) is 2.84. The largest absolute Gasteiger partial charge is 0.480 e. The Bertz CT molecular complexity index is 754. The van der Waals surface area contributed by atoms with Crippen molar-refractivity contribution in [3.05, 3.63) is 12.1 Å². The molecule has 0 radical (unpaired) electrons. The second kappa shape index (κ2) is 7.41. The monoisotopic (exact) mass is 347 g/mol. The zero-order valence-electron chi connectivity index (χ0n) is 14.0. The molecule has 0 aliphatic carbocycles. The van der Waals surface area contributed by atoms with Crippen molar-refractivity contribution in [1.29, 1.82) is 0 Å². The predicted molar refractivity (Wildman–Crippen MR) is 88.0 cm³/mol. The molecule has 0 aromatic carbocycles. The van der Waals surface area contributed by atoms with Gasteiger partial charge in [0.15, 0.2) is 11.5 Å². The van der Waals surface area contributed by atoms with Gasteiger partial charge in [-0.2, -0.15) is 0 Å². The van der Waals surface area contributed by atoms with Crippen molar-refractivity contribution in [3.8, 4) is 0 Å². The zero-order valence-corrected chi connectivity index (χ0v) is 14.0. The van der Waals surface area contributed by atoms with Crippen LogP contribution < -0.4 is 10.2 Å². The normalized spacial score (nSPS) is 16.8. The molecule has 3 heterocycles. The lowest BCUT2D eigenvalue weighted by molar-refractivity contribution is -0.142. The number of hydrogen-bond donors (Lipinski definition) is 2. The molecule has 2 aromatic rings. The zero-order chi connectivity index (χ0) is 17.8. The Kier molecular flexibility index (Phi) is 5.05. The number of aliphatic carboxylic acids is 1. The first kappa shape index (κ1) is 17.1. The van der Waals surface area contributed by atoms with Gasteiger partial charge in [0.05, 0.1) is 0 Å². The third kappa shape index (κ3) is 3.83. The summed E-state index contributed by atoms with van der Waals surface area (Å²) in [7, 11) is 0. The molecule has 1 aliphatic rings. The molecule has 3 rings (SSSR count). The first-order valence-electron chi connectivity index (χ1n) is 8.42. The summed E-state index contributed by atoms with van der Waals surface area (Å²) in [5, 5.41) is 27.3. The lowest BCUT2D eigenvalue weighted by atomic mass is 9.95. The lowest BCUT2D eigenvalue weighted by Crippen LogP contribution is -2.46. The van der Waals surface area contributed by atoms with Crippen LogP contribution in [-0.2, 0) is 9.59 Å². The summed E-state index contributed by atoms with van der Waals surface area (Å²) in [6.45, 7) is 3.24. The molecule has 2 aromatic heterocycles. The first-order valence-corrected chi connectivity index (χ1v) is 8.42. The molecule has 1 aliphatic heterocycles. The van der Waals surface area contributed by atoms with Gasteiger partial charge in [-0.3, -0.25) is 4.79 Å². The second-order valence-corrected chi connectivity index (χ2v) is 6.17. The van der Waals surface area contributed by atoms with E-state index in [-0.39, 0.29) is 11.8 Å². The van der Waals surface area contributed by atoms with Gasteiger partial charge in [-0.05, 0) is 41.8 Å². The van der Waals surface area contributed by atoms with Crippen LogP contribution >= 0.6 is 0 Å². The smallest absolute Gasteiger partial charge is 0.326 e. The quantitative estimate of drug-likeness (QED) is 0.754.